The van der Waals surface area contributed by atoms with E-state index in [1.165, 1.54) is 23.9 Å². The predicted molar refractivity (Wildman–Crippen MR) is 116 cm³/mol. The molecule has 2 aromatic rings. The lowest BCUT2D eigenvalue weighted by Crippen LogP contribution is -2.53. The van der Waals surface area contributed by atoms with Crippen molar-refractivity contribution in [1.82, 2.24) is 10.3 Å². The minimum Gasteiger partial charge on any atom is -0.406 e. The zero-order valence-electron chi connectivity index (χ0n) is 17.1. The first-order valence-electron chi connectivity index (χ1n) is 10.1. The minimum absolute atomic E-state index is 0.0838. The molecule has 5 unspecified atom stereocenters. The summed E-state index contributed by atoms with van der Waals surface area (Å²) in [4.78, 5) is 21.3. The van der Waals surface area contributed by atoms with E-state index in [1.54, 1.807) is 18.5 Å². The third-order valence-corrected chi connectivity index (χ3v) is 6.66. The molecule has 1 amide bonds. The van der Waals surface area contributed by atoms with Crippen molar-refractivity contribution in [3.8, 4) is 5.75 Å². The van der Waals surface area contributed by atoms with Gasteiger partial charge in [0.1, 0.15) is 11.9 Å². The zero-order chi connectivity index (χ0) is 23.6. The highest BCUT2D eigenvalue weighted by atomic mass is 32.2. The number of carbonyl (C=O) groups excluding carboxylic acids is 1. The van der Waals surface area contributed by atoms with Crippen molar-refractivity contribution >= 4 is 28.5 Å². The van der Waals surface area contributed by atoms with Gasteiger partial charge in [-0.1, -0.05) is 17.8 Å². The van der Waals surface area contributed by atoms with Crippen LogP contribution in [0.15, 0.2) is 53.8 Å². The van der Waals surface area contributed by atoms with Gasteiger partial charge < -0.3 is 25.6 Å². The number of thioether (sulfide) groups is 1. The summed E-state index contributed by atoms with van der Waals surface area (Å²) in [6.07, 6.45) is -3.66. The third-order valence-electron chi connectivity index (χ3n) is 5.35. The summed E-state index contributed by atoms with van der Waals surface area (Å²) in [7, 11) is 0. The van der Waals surface area contributed by atoms with Crippen LogP contribution < -0.4 is 15.4 Å². The standard InChI is InChI=1S/C21H21F3N4O4S/c22-21(23,24)32-13-5-3-12(4-6-13)27-20-28-16-17(30)15(29)8-14(18(16)33-20)19(31)26-10-11-2-1-7-25-9-11/h1-7,9,14-18,29-30H,8,10H2,(H,26,31)(H,27,28). The lowest BCUT2D eigenvalue weighted by atomic mass is 9.81. The molecule has 0 saturated heterocycles. The number of hydrogen-bond acceptors (Lipinski definition) is 8. The molecule has 1 saturated carbocycles. The Morgan fingerprint density at radius 1 is 1.21 bits per heavy atom. The van der Waals surface area contributed by atoms with Crippen LogP contribution in [-0.4, -0.2) is 56.1 Å². The van der Waals surface area contributed by atoms with Crippen LogP contribution >= 0.6 is 11.8 Å². The summed E-state index contributed by atoms with van der Waals surface area (Å²) in [5.41, 5.74) is 1.29. The number of fused-ring (bicyclic) bond motifs is 1. The van der Waals surface area contributed by atoms with Crippen molar-refractivity contribution in [2.45, 2.75) is 42.8 Å². The zero-order valence-corrected chi connectivity index (χ0v) is 17.9. The van der Waals surface area contributed by atoms with Crippen molar-refractivity contribution in [2.75, 3.05) is 5.32 Å². The van der Waals surface area contributed by atoms with Crippen molar-refractivity contribution in [3.05, 3.63) is 54.4 Å². The van der Waals surface area contributed by atoms with Crippen LogP contribution in [0.25, 0.3) is 0 Å². The summed E-state index contributed by atoms with van der Waals surface area (Å²) in [5.74, 6) is -1.22. The summed E-state index contributed by atoms with van der Waals surface area (Å²) in [6, 6.07) is 8.01. The number of nitrogens with one attached hydrogen (secondary N) is 2. The fourth-order valence-electron chi connectivity index (χ4n) is 3.79. The molecule has 176 valence electrons. The fourth-order valence-corrected chi connectivity index (χ4v) is 5.17. The molecule has 1 aliphatic heterocycles. The van der Waals surface area contributed by atoms with E-state index in [-0.39, 0.29) is 24.6 Å². The molecular formula is C21H21F3N4O4S. The molecule has 12 heteroatoms. The van der Waals surface area contributed by atoms with Gasteiger partial charge in [-0.25, -0.2) is 0 Å². The number of halogens is 3. The highest BCUT2D eigenvalue weighted by Crippen LogP contribution is 2.41. The number of amides is 1. The van der Waals surface area contributed by atoms with Gasteiger partial charge in [-0.2, -0.15) is 0 Å². The van der Waals surface area contributed by atoms with Gasteiger partial charge in [-0.05, 0) is 42.3 Å². The summed E-state index contributed by atoms with van der Waals surface area (Å²) < 4.78 is 40.8. The van der Waals surface area contributed by atoms with Gasteiger partial charge in [0.25, 0.3) is 0 Å². The molecule has 1 aromatic carbocycles. The number of amidine groups is 1. The van der Waals surface area contributed by atoms with E-state index in [9.17, 15) is 28.2 Å². The van der Waals surface area contributed by atoms with Crippen LogP contribution in [0.2, 0.25) is 0 Å². The Labute approximate surface area is 191 Å². The highest BCUT2D eigenvalue weighted by Gasteiger charge is 2.50. The van der Waals surface area contributed by atoms with E-state index < -0.39 is 35.8 Å². The number of pyridine rings is 1. The number of carbonyl (C=O) groups is 1. The maximum Gasteiger partial charge on any atom is 0.573 e. The smallest absolute Gasteiger partial charge is 0.406 e. The minimum atomic E-state index is -4.78. The van der Waals surface area contributed by atoms with Crippen LogP contribution in [0.1, 0.15) is 12.0 Å². The molecular weight excluding hydrogens is 461 g/mol. The second-order valence-electron chi connectivity index (χ2n) is 7.68. The summed E-state index contributed by atoms with van der Waals surface area (Å²) in [6.45, 7) is 0.280. The average molecular weight is 482 g/mol. The van der Waals surface area contributed by atoms with Crippen molar-refractivity contribution in [1.29, 1.82) is 0 Å². The number of anilines is 1. The Bertz CT molecular complexity index is 1010. The van der Waals surface area contributed by atoms with Gasteiger partial charge in [0.15, 0.2) is 5.17 Å². The fraction of sp³-hybridized carbons (Fsp3) is 0.381. The molecule has 2 heterocycles. The van der Waals surface area contributed by atoms with E-state index in [0.717, 1.165) is 17.7 Å². The van der Waals surface area contributed by atoms with Crippen LogP contribution in [0.3, 0.4) is 0 Å². The van der Waals surface area contributed by atoms with Gasteiger partial charge in [0, 0.05) is 29.9 Å². The average Bonchev–Trinajstić information content (AvgIpc) is 3.19. The van der Waals surface area contributed by atoms with Crippen molar-refractivity contribution in [3.63, 3.8) is 0 Å². The second-order valence-corrected chi connectivity index (χ2v) is 8.85. The van der Waals surface area contributed by atoms with E-state index in [0.29, 0.717) is 10.9 Å². The van der Waals surface area contributed by atoms with E-state index >= 15 is 0 Å². The SMILES string of the molecule is O=C(NCc1cccnc1)C1CC(O)C(O)C2N=C(Nc3ccc(OC(F)(F)F)cc3)SC12. The Balaban J connectivity index is 1.41. The van der Waals surface area contributed by atoms with Crippen LogP contribution in [-0.2, 0) is 11.3 Å². The Hall–Kier alpha value is -2.83. The highest BCUT2D eigenvalue weighted by molar-refractivity contribution is 8.15. The first-order valence-corrected chi connectivity index (χ1v) is 11.0. The molecule has 1 fully saturated rings. The number of aliphatic hydroxyl groups excluding tert-OH is 2. The second kappa shape index (κ2) is 9.57. The Morgan fingerprint density at radius 2 is 1.97 bits per heavy atom. The van der Waals surface area contributed by atoms with Gasteiger partial charge in [0.05, 0.1) is 18.1 Å². The van der Waals surface area contributed by atoms with Gasteiger partial charge >= 0.3 is 6.36 Å². The molecule has 0 bridgehead atoms. The van der Waals surface area contributed by atoms with E-state index in [2.05, 4.69) is 25.3 Å². The molecule has 8 nitrogen and oxygen atoms in total. The molecule has 2 aliphatic rings. The third kappa shape index (κ3) is 5.75. The monoisotopic (exact) mass is 482 g/mol. The summed E-state index contributed by atoms with van der Waals surface area (Å²) >= 11 is 1.25. The van der Waals surface area contributed by atoms with Crippen molar-refractivity contribution < 1.29 is 32.9 Å². The van der Waals surface area contributed by atoms with Crippen LogP contribution in [0.5, 0.6) is 5.75 Å². The molecule has 1 aliphatic carbocycles. The largest absolute Gasteiger partial charge is 0.573 e. The van der Waals surface area contributed by atoms with E-state index in [1.807, 2.05) is 6.07 Å². The number of alkyl halides is 3. The first kappa shape index (κ1) is 23.3. The number of aliphatic imine (C=N–C) groups is 1. The lowest BCUT2D eigenvalue weighted by Gasteiger charge is -2.37. The topological polar surface area (TPSA) is 116 Å². The van der Waals surface area contributed by atoms with Gasteiger partial charge in [-0.15, -0.1) is 13.2 Å². The molecule has 33 heavy (non-hydrogen) atoms. The summed E-state index contributed by atoms with van der Waals surface area (Å²) in [5, 5.41) is 26.5. The molecule has 1 aromatic heterocycles. The number of hydrogen-bond donors (Lipinski definition) is 4. The molecule has 4 N–H and O–H groups in total. The number of aromatic nitrogens is 1. The number of ether oxygens (including phenoxy) is 1. The van der Waals surface area contributed by atoms with Gasteiger partial charge in [-0.3, -0.25) is 14.8 Å². The normalized spacial score (nSPS) is 26.8. The Kier molecular flexibility index (Phi) is 6.77. The Morgan fingerprint density at radius 3 is 2.64 bits per heavy atom. The molecule has 0 spiro atoms. The maximum atomic E-state index is 12.9. The van der Waals surface area contributed by atoms with Crippen LogP contribution in [0.4, 0.5) is 18.9 Å². The number of nitrogens with zero attached hydrogens (tertiary/aromatic N) is 2. The quantitative estimate of drug-likeness (QED) is 0.517. The molecule has 0 radical (unpaired) electrons. The number of benzene rings is 1. The first-order chi connectivity index (χ1) is 15.7. The lowest BCUT2D eigenvalue weighted by molar-refractivity contribution is -0.274. The van der Waals surface area contributed by atoms with E-state index in [4.69, 9.17) is 0 Å². The van der Waals surface area contributed by atoms with Gasteiger partial charge in [0.2, 0.25) is 5.91 Å². The number of aliphatic hydroxyl groups is 2. The molecule has 4 rings (SSSR count). The molecule has 5 atom stereocenters. The number of rotatable bonds is 5. The van der Waals surface area contributed by atoms with Crippen molar-refractivity contribution in [2.24, 2.45) is 10.9 Å². The predicted octanol–water partition coefficient (Wildman–Crippen LogP) is 2.29. The van der Waals surface area contributed by atoms with Crippen LogP contribution in [0, 0.1) is 5.92 Å². The maximum absolute atomic E-state index is 12.9.